The van der Waals surface area contributed by atoms with Gasteiger partial charge in [0.05, 0.1) is 8.07 Å². The lowest BCUT2D eigenvalue weighted by Crippen LogP contribution is -2.26. The summed E-state index contributed by atoms with van der Waals surface area (Å²) < 4.78 is 0. The van der Waals surface area contributed by atoms with Gasteiger partial charge in [0.2, 0.25) is 0 Å². The van der Waals surface area contributed by atoms with Crippen LogP contribution in [0.15, 0.2) is 23.5 Å². The smallest absolute Gasteiger partial charge is 0.0798 e. The molecule has 0 spiro atoms. The predicted octanol–water partition coefficient (Wildman–Crippen LogP) is 2.67. The first-order chi connectivity index (χ1) is 4.93. The second-order valence-corrected chi connectivity index (χ2v) is 8.79. The Morgan fingerprint density at radius 3 is 2.00 bits per heavy atom. The predicted molar refractivity (Wildman–Crippen MR) is 55.0 cm³/mol. The van der Waals surface area contributed by atoms with Crippen molar-refractivity contribution in [3.05, 3.63) is 23.5 Å². The zero-order chi connectivity index (χ0) is 9.07. The van der Waals surface area contributed by atoms with Gasteiger partial charge in [-0.1, -0.05) is 39.2 Å². The summed E-state index contributed by atoms with van der Waals surface area (Å²) in [5, 5.41) is 1.31. The molecule has 0 saturated heterocycles. The van der Waals surface area contributed by atoms with Crippen molar-refractivity contribution in [2.45, 2.75) is 33.0 Å². The van der Waals surface area contributed by atoms with Crippen molar-refractivity contribution >= 4 is 8.07 Å². The highest BCUT2D eigenvalue weighted by Gasteiger charge is 2.18. The molecule has 0 fully saturated rings. The van der Waals surface area contributed by atoms with E-state index in [2.05, 4.69) is 33.1 Å². The van der Waals surface area contributed by atoms with Gasteiger partial charge in [0.25, 0.3) is 0 Å². The van der Waals surface area contributed by atoms with Crippen LogP contribution in [0.1, 0.15) is 13.3 Å². The Balaban J connectivity index is 4.80. The zero-order valence-electron chi connectivity index (χ0n) is 8.07. The quantitative estimate of drug-likeness (QED) is 0.510. The lowest BCUT2D eigenvalue weighted by molar-refractivity contribution is 1.06. The van der Waals surface area contributed by atoms with Crippen LogP contribution < -0.4 is 5.73 Å². The molecule has 11 heavy (non-hydrogen) atoms. The molecule has 0 rings (SSSR count). The molecule has 2 N–H and O–H groups in total. The minimum absolute atomic E-state index is 0.936. The molecule has 2 heteroatoms. The molecule has 0 heterocycles. The van der Waals surface area contributed by atoms with Crippen molar-refractivity contribution in [2.24, 2.45) is 5.73 Å². The summed E-state index contributed by atoms with van der Waals surface area (Å²) in [5.74, 6) is 0. The Morgan fingerprint density at radius 1 is 1.45 bits per heavy atom. The van der Waals surface area contributed by atoms with E-state index in [9.17, 15) is 0 Å². The van der Waals surface area contributed by atoms with Gasteiger partial charge in [-0.2, -0.15) is 0 Å². The number of rotatable bonds is 3. The highest BCUT2D eigenvalue weighted by atomic mass is 28.3. The fourth-order valence-electron chi connectivity index (χ4n) is 1.11. The van der Waals surface area contributed by atoms with Gasteiger partial charge in [-0.25, -0.2) is 0 Å². The van der Waals surface area contributed by atoms with Gasteiger partial charge in [-0.15, -0.1) is 0 Å². The van der Waals surface area contributed by atoms with Crippen molar-refractivity contribution in [3.8, 4) is 0 Å². The van der Waals surface area contributed by atoms with E-state index in [4.69, 9.17) is 5.73 Å². The maximum atomic E-state index is 5.86. The maximum Gasteiger partial charge on any atom is 0.0798 e. The van der Waals surface area contributed by atoms with Crippen LogP contribution in [-0.2, 0) is 0 Å². The second-order valence-electron chi connectivity index (χ2n) is 3.75. The standard InChI is InChI=1S/C9H19NSi/c1-6-8(10)9(7-2)11(3,4)5/h7H,2,6,10H2,1,3-5H3. The van der Waals surface area contributed by atoms with E-state index >= 15 is 0 Å². The molecule has 0 saturated carbocycles. The van der Waals surface area contributed by atoms with Gasteiger partial charge in [0, 0.05) is 5.70 Å². The number of allylic oxidation sites excluding steroid dienone is 3. The first kappa shape index (κ1) is 10.5. The summed E-state index contributed by atoms with van der Waals surface area (Å²) in [6, 6.07) is 0. The topological polar surface area (TPSA) is 26.0 Å². The van der Waals surface area contributed by atoms with Gasteiger partial charge in [0.1, 0.15) is 0 Å². The molecule has 0 amide bonds. The lowest BCUT2D eigenvalue weighted by Gasteiger charge is -2.19. The van der Waals surface area contributed by atoms with E-state index in [0.717, 1.165) is 12.1 Å². The summed E-state index contributed by atoms with van der Waals surface area (Å²) in [4.78, 5) is 0. The normalized spacial score (nSPS) is 14.2. The molecule has 0 aromatic carbocycles. The van der Waals surface area contributed by atoms with Crippen LogP contribution in [0.3, 0.4) is 0 Å². The molecule has 0 unspecified atom stereocenters. The van der Waals surface area contributed by atoms with E-state index in [-0.39, 0.29) is 0 Å². The van der Waals surface area contributed by atoms with Crippen molar-refractivity contribution in [2.75, 3.05) is 0 Å². The highest BCUT2D eigenvalue weighted by Crippen LogP contribution is 2.18. The van der Waals surface area contributed by atoms with Crippen LogP contribution >= 0.6 is 0 Å². The third kappa shape index (κ3) is 2.93. The lowest BCUT2D eigenvalue weighted by atomic mass is 10.3. The van der Waals surface area contributed by atoms with Crippen molar-refractivity contribution in [1.29, 1.82) is 0 Å². The van der Waals surface area contributed by atoms with E-state index in [1.54, 1.807) is 0 Å². The van der Waals surface area contributed by atoms with Gasteiger partial charge in [0.15, 0.2) is 0 Å². The molecule has 0 atom stereocenters. The molecule has 0 aliphatic carbocycles. The monoisotopic (exact) mass is 169 g/mol. The number of hydrogen-bond acceptors (Lipinski definition) is 1. The molecule has 0 aromatic heterocycles. The minimum Gasteiger partial charge on any atom is -0.402 e. The largest absolute Gasteiger partial charge is 0.402 e. The minimum atomic E-state index is -1.23. The summed E-state index contributed by atoms with van der Waals surface area (Å²) in [6.07, 6.45) is 2.86. The van der Waals surface area contributed by atoms with Crippen LogP contribution in [-0.4, -0.2) is 8.07 Å². The van der Waals surface area contributed by atoms with E-state index in [1.165, 1.54) is 5.20 Å². The highest BCUT2D eigenvalue weighted by molar-refractivity contribution is 6.83. The fraction of sp³-hybridized carbons (Fsp3) is 0.556. The van der Waals surface area contributed by atoms with Gasteiger partial charge >= 0.3 is 0 Å². The van der Waals surface area contributed by atoms with Gasteiger partial charge < -0.3 is 5.73 Å². The van der Waals surface area contributed by atoms with E-state index in [1.807, 2.05) is 6.08 Å². The van der Waals surface area contributed by atoms with Crippen molar-refractivity contribution < 1.29 is 0 Å². The van der Waals surface area contributed by atoms with Crippen LogP contribution in [0.2, 0.25) is 19.6 Å². The molecule has 0 aromatic rings. The van der Waals surface area contributed by atoms with E-state index in [0.29, 0.717) is 0 Å². The first-order valence-corrected chi connectivity index (χ1v) is 7.55. The Bertz CT molecular complexity index is 174. The summed E-state index contributed by atoms with van der Waals surface area (Å²) >= 11 is 0. The molecule has 0 radical (unpaired) electrons. The van der Waals surface area contributed by atoms with Crippen LogP contribution in [0.5, 0.6) is 0 Å². The van der Waals surface area contributed by atoms with Gasteiger partial charge in [-0.3, -0.25) is 0 Å². The Morgan fingerprint density at radius 2 is 1.91 bits per heavy atom. The third-order valence-electron chi connectivity index (χ3n) is 1.74. The Hall–Kier alpha value is -0.503. The summed E-state index contributed by atoms with van der Waals surface area (Å²) in [7, 11) is -1.23. The van der Waals surface area contributed by atoms with Crippen LogP contribution in [0, 0.1) is 0 Å². The van der Waals surface area contributed by atoms with Crippen LogP contribution in [0.25, 0.3) is 0 Å². The average Bonchev–Trinajstić information content (AvgIpc) is 1.86. The molecule has 1 nitrogen and oxygen atoms in total. The Labute approximate surface area is 71.0 Å². The number of hydrogen-bond donors (Lipinski definition) is 1. The summed E-state index contributed by atoms with van der Waals surface area (Å²) in [6.45, 7) is 12.7. The fourth-order valence-corrected chi connectivity index (χ4v) is 2.86. The SMILES string of the molecule is C=CC(=C(N)CC)[Si](C)(C)C. The van der Waals surface area contributed by atoms with Crippen molar-refractivity contribution in [3.63, 3.8) is 0 Å². The van der Waals surface area contributed by atoms with Gasteiger partial charge in [-0.05, 0) is 11.6 Å². The van der Waals surface area contributed by atoms with Crippen molar-refractivity contribution in [1.82, 2.24) is 0 Å². The number of nitrogens with two attached hydrogens (primary N) is 1. The molecule has 64 valence electrons. The first-order valence-electron chi connectivity index (χ1n) is 4.05. The van der Waals surface area contributed by atoms with E-state index < -0.39 is 8.07 Å². The second kappa shape index (κ2) is 3.76. The van der Waals surface area contributed by atoms with Crippen LogP contribution in [0.4, 0.5) is 0 Å². The average molecular weight is 169 g/mol. The molecule has 0 aliphatic rings. The maximum absolute atomic E-state index is 5.86. The third-order valence-corrected chi connectivity index (χ3v) is 3.88. The molecular weight excluding hydrogens is 150 g/mol. The molecular formula is C9H19NSi. The Kier molecular flexibility index (Phi) is 3.59. The molecule has 0 bridgehead atoms. The molecule has 0 aliphatic heterocycles. The summed E-state index contributed by atoms with van der Waals surface area (Å²) in [5.41, 5.74) is 6.87. The zero-order valence-corrected chi connectivity index (χ0v) is 9.07.